The van der Waals surface area contributed by atoms with Crippen molar-refractivity contribution in [2.45, 2.75) is 25.7 Å². The molecule has 0 aliphatic heterocycles. The second kappa shape index (κ2) is 1.86. The molecule has 0 aromatic rings. The summed E-state index contributed by atoms with van der Waals surface area (Å²) >= 11 is 0. The molecule has 2 saturated carbocycles. The predicted octanol–water partition coefficient (Wildman–Crippen LogP) is 2.61. The first-order chi connectivity index (χ1) is 4.42. The third-order valence-corrected chi connectivity index (χ3v) is 3.16. The Morgan fingerprint density at radius 2 is 2.33 bits per heavy atom. The lowest BCUT2D eigenvalue weighted by molar-refractivity contribution is -0.0229. The topological polar surface area (TPSA) is 0 Å². The summed E-state index contributed by atoms with van der Waals surface area (Å²) in [5, 5.41) is 0. The molecule has 0 heterocycles. The van der Waals surface area contributed by atoms with E-state index in [-0.39, 0.29) is 0 Å². The zero-order valence-electron chi connectivity index (χ0n) is 5.84. The van der Waals surface area contributed by atoms with Crippen molar-refractivity contribution in [2.75, 3.05) is 0 Å². The summed E-state index contributed by atoms with van der Waals surface area (Å²) in [4.78, 5) is 0. The quantitative estimate of drug-likeness (QED) is 0.494. The van der Waals surface area contributed by atoms with Crippen molar-refractivity contribution in [3.8, 4) is 0 Å². The van der Waals surface area contributed by atoms with E-state index in [1.165, 1.54) is 25.7 Å². The van der Waals surface area contributed by atoms with Crippen LogP contribution in [-0.2, 0) is 0 Å². The molecule has 0 amide bonds. The lowest BCUT2D eigenvalue weighted by Crippen LogP contribution is -2.43. The number of hydrogen-bond donors (Lipinski definition) is 0. The Labute approximate surface area is 57.0 Å². The van der Waals surface area contributed by atoms with Crippen LogP contribution < -0.4 is 0 Å². The fourth-order valence-corrected chi connectivity index (χ4v) is 2.36. The molecule has 0 radical (unpaired) electrons. The van der Waals surface area contributed by atoms with Crippen LogP contribution in [0.3, 0.4) is 0 Å². The van der Waals surface area contributed by atoms with Crippen molar-refractivity contribution in [3.05, 3.63) is 12.7 Å². The summed E-state index contributed by atoms with van der Waals surface area (Å²) in [6, 6.07) is 0. The summed E-state index contributed by atoms with van der Waals surface area (Å²) in [7, 11) is 0. The molecule has 0 aromatic heterocycles. The van der Waals surface area contributed by atoms with Gasteiger partial charge in [-0.15, -0.1) is 6.58 Å². The third-order valence-electron chi connectivity index (χ3n) is 3.16. The van der Waals surface area contributed by atoms with Crippen LogP contribution in [0.25, 0.3) is 0 Å². The fourth-order valence-electron chi connectivity index (χ4n) is 2.36. The Bertz CT molecular complexity index is 126. The number of rotatable bonds is 2. The molecule has 0 bridgehead atoms. The third kappa shape index (κ3) is 0.654. The fraction of sp³-hybridized carbons (Fsp3) is 0.778. The maximum Gasteiger partial charge on any atom is -0.0322 e. The Hall–Kier alpha value is -0.260. The average molecular weight is 122 g/mol. The van der Waals surface area contributed by atoms with E-state index in [0.29, 0.717) is 0 Å². The van der Waals surface area contributed by atoms with E-state index in [2.05, 4.69) is 12.7 Å². The van der Waals surface area contributed by atoms with Crippen molar-refractivity contribution in [1.29, 1.82) is 0 Å². The van der Waals surface area contributed by atoms with E-state index < -0.39 is 0 Å². The summed E-state index contributed by atoms with van der Waals surface area (Å²) in [6.07, 6.45) is 7.92. The van der Waals surface area contributed by atoms with Gasteiger partial charge in [0, 0.05) is 0 Å². The summed E-state index contributed by atoms with van der Waals surface area (Å²) in [5.74, 6) is 3.32. The van der Waals surface area contributed by atoms with E-state index in [1.54, 1.807) is 0 Å². The van der Waals surface area contributed by atoms with Gasteiger partial charge in [0.1, 0.15) is 0 Å². The van der Waals surface area contributed by atoms with Gasteiger partial charge in [0.05, 0.1) is 0 Å². The number of hydrogen-bond acceptors (Lipinski definition) is 0. The molecule has 0 nitrogen and oxygen atoms in total. The highest BCUT2D eigenvalue weighted by atomic mass is 14.5. The number of fused-ring (bicyclic) bond motifs is 1. The van der Waals surface area contributed by atoms with Crippen molar-refractivity contribution in [3.63, 3.8) is 0 Å². The SMILES string of the molecule is C=CCC1CC2CCC12. The van der Waals surface area contributed by atoms with Gasteiger partial charge in [0.15, 0.2) is 0 Å². The molecule has 0 aromatic carbocycles. The molecule has 2 aliphatic rings. The lowest BCUT2D eigenvalue weighted by Gasteiger charge is -2.53. The maximum absolute atomic E-state index is 3.77. The monoisotopic (exact) mass is 122 g/mol. The molecule has 50 valence electrons. The van der Waals surface area contributed by atoms with Crippen molar-refractivity contribution in [2.24, 2.45) is 17.8 Å². The second-order valence-corrected chi connectivity index (χ2v) is 3.52. The minimum absolute atomic E-state index is 1.04. The van der Waals surface area contributed by atoms with Crippen LogP contribution in [0, 0.1) is 17.8 Å². The molecular formula is C9H14. The van der Waals surface area contributed by atoms with Crippen molar-refractivity contribution in [1.82, 2.24) is 0 Å². The minimum atomic E-state index is 1.04. The zero-order valence-corrected chi connectivity index (χ0v) is 5.84. The summed E-state index contributed by atoms with van der Waals surface area (Å²) in [5.41, 5.74) is 0. The Balaban J connectivity index is 1.83. The minimum Gasteiger partial charge on any atom is -0.103 e. The highest BCUT2D eigenvalue weighted by Crippen LogP contribution is 2.55. The Kier molecular flexibility index (Phi) is 1.14. The molecule has 2 fully saturated rings. The molecule has 3 unspecified atom stereocenters. The highest BCUT2D eigenvalue weighted by molar-refractivity contribution is 4.98. The lowest BCUT2D eigenvalue weighted by atomic mass is 9.52. The molecule has 0 saturated heterocycles. The standard InChI is InChI=1S/C9H14/c1-2-3-7-6-8-4-5-9(7)8/h2,7-9H,1,3-6H2. The van der Waals surface area contributed by atoms with Crippen molar-refractivity contribution >= 4 is 0 Å². The van der Waals surface area contributed by atoms with Crippen molar-refractivity contribution < 1.29 is 0 Å². The van der Waals surface area contributed by atoms with Crippen LogP contribution in [0.5, 0.6) is 0 Å². The van der Waals surface area contributed by atoms with E-state index in [4.69, 9.17) is 0 Å². The van der Waals surface area contributed by atoms with E-state index in [9.17, 15) is 0 Å². The Morgan fingerprint density at radius 1 is 1.44 bits per heavy atom. The van der Waals surface area contributed by atoms with Crippen LogP contribution >= 0.6 is 0 Å². The summed E-state index contributed by atoms with van der Waals surface area (Å²) < 4.78 is 0. The molecule has 0 spiro atoms. The summed E-state index contributed by atoms with van der Waals surface area (Å²) in [6.45, 7) is 3.77. The van der Waals surface area contributed by atoms with Gasteiger partial charge in [-0.2, -0.15) is 0 Å². The van der Waals surface area contributed by atoms with Gasteiger partial charge in [0.25, 0.3) is 0 Å². The molecule has 9 heavy (non-hydrogen) atoms. The van der Waals surface area contributed by atoms with Gasteiger partial charge in [-0.3, -0.25) is 0 Å². The average Bonchev–Trinajstić information content (AvgIpc) is 1.82. The molecule has 3 atom stereocenters. The number of allylic oxidation sites excluding steroid dienone is 1. The first-order valence-corrected chi connectivity index (χ1v) is 4.02. The van der Waals surface area contributed by atoms with Gasteiger partial charge >= 0.3 is 0 Å². The van der Waals surface area contributed by atoms with Crippen LogP contribution in [0.4, 0.5) is 0 Å². The molecular weight excluding hydrogens is 108 g/mol. The van der Waals surface area contributed by atoms with Crippen LogP contribution in [0.1, 0.15) is 25.7 Å². The van der Waals surface area contributed by atoms with Crippen LogP contribution in [-0.4, -0.2) is 0 Å². The maximum atomic E-state index is 3.77. The van der Waals surface area contributed by atoms with Crippen LogP contribution in [0.15, 0.2) is 12.7 Å². The molecule has 2 aliphatic carbocycles. The molecule has 0 N–H and O–H groups in total. The van der Waals surface area contributed by atoms with Gasteiger partial charge < -0.3 is 0 Å². The Morgan fingerprint density at radius 3 is 2.67 bits per heavy atom. The van der Waals surface area contributed by atoms with Gasteiger partial charge in [-0.1, -0.05) is 6.08 Å². The van der Waals surface area contributed by atoms with E-state index in [1.807, 2.05) is 0 Å². The molecule has 0 heteroatoms. The smallest absolute Gasteiger partial charge is 0.0322 e. The van der Waals surface area contributed by atoms with Crippen LogP contribution in [0.2, 0.25) is 0 Å². The second-order valence-electron chi connectivity index (χ2n) is 3.52. The van der Waals surface area contributed by atoms with E-state index >= 15 is 0 Å². The zero-order chi connectivity index (χ0) is 6.27. The first kappa shape index (κ1) is 5.52. The van der Waals surface area contributed by atoms with E-state index in [0.717, 1.165) is 17.8 Å². The normalized spacial score (nSPS) is 46.4. The van der Waals surface area contributed by atoms with Gasteiger partial charge in [-0.05, 0) is 43.4 Å². The largest absolute Gasteiger partial charge is 0.103 e. The first-order valence-electron chi connectivity index (χ1n) is 4.02. The van der Waals surface area contributed by atoms with Gasteiger partial charge in [-0.25, -0.2) is 0 Å². The predicted molar refractivity (Wildman–Crippen MR) is 39.1 cm³/mol. The highest BCUT2D eigenvalue weighted by Gasteiger charge is 2.45. The molecule has 2 rings (SSSR count). The van der Waals surface area contributed by atoms with Gasteiger partial charge in [0.2, 0.25) is 0 Å².